The van der Waals surface area contributed by atoms with Gasteiger partial charge in [-0.15, -0.1) is 0 Å². The van der Waals surface area contributed by atoms with E-state index in [-0.39, 0.29) is 0 Å². The summed E-state index contributed by atoms with van der Waals surface area (Å²) in [6, 6.07) is 8.15. The van der Waals surface area contributed by atoms with E-state index in [9.17, 15) is 0 Å². The van der Waals surface area contributed by atoms with E-state index in [2.05, 4.69) is 35.1 Å². The molecule has 0 aliphatic heterocycles. The molecule has 0 saturated heterocycles. The minimum Gasteiger partial charge on any atom is -0.346 e. The van der Waals surface area contributed by atoms with Gasteiger partial charge in [0.15, 0.2) is 0 Å². The van der Waals surface area contributed by atoms with Crippen molar-refractivity contribution in [2.45, 2.75) is 19.9 Å². The van der Waals surface area contributed by atoms with E-state index in [0.29, 0.717) is 0 Å². The number of aromatic nitrogens is 1. The molecule has 0 atom stereocenters. The van der Waals surface area contributed by atoms with Crippen molar-refractivity contribution in [2.24, 2.45) is 0 Å². The van der Waals surface area contributed by atoms with Crippen LogP contribution < -0.4 is 5.32 Å². The third-order valence-corrected chi connectivity index (χ3v) is 2.93. The quantitative estimate of drug-likeness (QED) is 0.789. The Kier molecular flexibility index (Phi) is 3.86. The van der Waals surface area contributed by atoms with Crippen LogP contribution in [0.15, 0.2) is 30.5 Å². The molecule has 0 radical (unpaired) electrons. The average molecular weight is 237 g/mol. The Morgan fingerprint density at radius 3 is 2.94 bits per heavy atom. The Morgan fingerprint density at radius 1 is 1.25 bits per heavy atom. The lowest BCUT2D eigenvalue weighted by atomic mass is 10.2. The molecule has 86 valence electrons. The van der Waals surface area contributed by atoms with Gasteiger partial charge >= 0.3 is 0 Å². The number of nitrogens with one attached hydrogen (secondary N) is 1. The highest BCUT2D eigenvalue weighted by Gasteiger charge is 2.00. The molecule has 0 saturated carbocycles. The minimum atomic E-state index is 0.800. The lowest BCUT2D eigenvalue weighted by molar-refractivity contribution is 0.604. The zero-order valence-corrected chi connectivity index (χ0v) is 10.3. The van der Waals surface area contributed by atoms with Crippen LogP contribution in [-0.4, -0.2) is 17.7 Å². The first kappa shape index (κ1) is 11.5. The van der Waals surface area contributed by atoms with Crippen LogP contribution in [0.5, 0.6) is 0 Å². The second-order valence-corrected chi connectivity index (χ2v) is 4.40. The van der Waals surface area contributed by atoms with Gasteiger partial charge in [0.05, 0.1) is 0 Å². The molecular weight excluding hydrogens is 220 g/mol. The maximum atomic E-state index is 6.00. The summed E-state index contributed by atoms with van der Waals surface area (Å²) in [5.41, 5.74) is 1.21. The number of hydrogen-bond acceptors (Lipinski definition) is 1. The monoisotopic (exact) mass is 236 g/mol. The molecule has 0 aliphatic rings. The number of fused-ring (bicyclic) bond motifs is 1. The molecule has 3 heteroatoms. The van der Waals surface area contributed by atoms with E-state index in [4.69, 9.17) is 11.6 Å². The highest BCUT2D eigenvalue weighted by molar-refractivity contribution is 6.31. The van der Waals surface area contributed by atoms with Gasteiger partial charge < -0.3 is 9.88 Å². The molecule has 2 nitrogen and oxygen atoms in total. The van der Waals surface area contributed by atoms with Crippen LogP contribution in [0, 0.1) is 0 Å². The van der Waals surface area contributed by atoms with Gasteiger partial charge in [-0.25, -0.2) is 0 Å². The fraction of sp³-hybridized carbons (Fsp3) is 0.385. The summed E-state index contributed by atoms with van der Waals surface area (Å²) in [5, 5.41) is 5.45. The van der Waals surface area contributed by atoms with E-state index >= 15 is 0 Å². The molecule has 1 aromatic heterocycles. The van der Waals surface area contributed by atoms with Gasteiger partial charge in [0.2, 0.25) is 0 Å². The lowest BCUT2D eigenvalue weighted by Crippen LogP contribution is -2.20. The van der Waals surface area contributed by atoms with E-state index in [0.717, 1.165) is 24.7 Å². The smallest absolute Gasteiger partial charge is 0.0495 e. The van der Waals surface area contributed by atoms with Crippen molar-refractivity contribution >= 4 is 22.5 Å². The van der Waals surface area contributed by atoms with E-state index < -0.39 is 0 Å². The van der Waals surface area contributed by atoms with Gasteiger partial charge in [0.1, 0.15) is 0 Å². The van der Waals surface area contributed by atoms with Crippen LogP contribution in [-0.2, 0) is 6.54 Å². The first-order valence-electron chi connectivity index (χ1n) is 5.76. The molecule has 2 rings (SSSR count). The lowest BCUT2D eigenvalue weighted by Gasteiger charge is -2.06. The number of hydrogen-bond donors (Lipinski definition) is 1. The molecule has 16 heavy (non-hydrogen) atoms. The Bertz CT molecular complexity index is 462. The molecule has 1 N–H and O–H groups in total. The SMILES string of the molecule is CCCNCCn1ccc2ccc(Cl)cc21. The van der Waals surface area contributed by atoms with E-state index in [1.54, 1.807) is 0 Å². The first-order chi connectivity index (χ1) is 7.81. The van der Waals surface area contributed by atoms with Crippen molar-refractivity contribution < 1.29 is 0 Å². The van der Waals surface area contributed by atoms with Gasteiger partial charge in [0.25, 0.3) is 0 Å². The molecule has 0 aliphatic carbocycles. The number of benzene rings is 1. The second-order valence-electron chi connectivity index (χ2n) is 3.96. The molecule has 0 fully saturated rings. The van der Waals surface area contributed by atoms with Crippen LogP contribution in [0.4, 0.5) is 0 Å². The summed E-state index contributed by atoms with van der Waals surface area (Å²) in [7, 11) is 0. The molecule has 0 spiro atoms. The minimum absolute atomic E-state index is 0.800. The third-order valence-electron chi connectivity index (χ3n) is 2.69. The summed E-state index contributed by atoms with van der Waals surface area (Å²) < 4.78 is 2.24. The average Bonchev–Trinajstić information content (AvgIpc) is 2.67. The predicted molar refractivity (Wildman–Crippen MR) is 70.1 cm³/mol. The number of nitrogens with zero attached hydrogens (tertiary/aromatic N) is 1. The van der Waals surface area contributed by atoms with Crippen LogP contribution in [0.3, 0.4) is 0 Å². The van der Waals surface area contributed by atoms with Gasteiger partial charge in [-0.05, 0) is 36.6 Å². The highest BCUT2D eigenvalue weighted by atomic mass is 35.5. The summed E-state index contributed by atoms with van der Waals surface area (Å²) in [6.07, 6.45) is 3.30. The van der Waals surface area contributed by atoms with Crippen LogP contribution in [0.2, 0.25) is 5.02 Å². The zero-order chi connectivity index (χ0) is 11.4. The van der Waals surface area contributed by atoms with E-state index in [1.165, 1.54) is 17.3 Å². The molecule has 2 aromatic rings. The first-order valence-corrected chi connectivity index (χ1v) is 6.14. The van der Waals surface area contributed by atoms with Gasteiger partial charge in [0, 0.05) is 29.8 Å². The normalized spacial score (nSPS) is 11.1. The molecule has 1 heterocycles. The van der Waals surface area contributed by atoms with Crippen molar-refractivity contribution in [1.82, 2.24) is 9.88 Å². The molecular formula is C13H17ClN2. The Balaban J connectivity index is 2.09. The Labute approximate surface area is 101 Å². The summed E-state index contributed by atoms with van der Waals surface area (Å²) in [6.45, 7) is 5.26. The van der Waals surface area contributed by atoms with E-state index in [1.807, 2.05) is 12.1 Å². The Morgan fingerprint density at radius 2 is 2.12 bits per heavy atom. The second kappa shape index (κ2) is 5.37. The number of halogens is 1. The highest BCUT2D eigenvalue weighted by Crippen LogP contribution is 2.20. The fourth-order valence-electron chi connectivity index (χ4n) is 1.85. The predicted octanol–water partition coefficient (Wildman–Crippen LogP) is 3.29. The van der Waals surface area contributed by atoms with Crippen LogP contribution >= 0.6 is 11.6 Å². The van der Waals surface area contributed by atoms with Crippen molar-refractivity contribution in [3.05, 3.63) is 35.5 Å². The Hall–Kier alpha value is -0.990. The van der Waals surface area contributed by atoms with Crippen LogP contribution in [0.1, 0.15) is 13.3 Å². The standard InChI is InChI=1S/C13H17ClN2/c1-2-6-15-7-9-16-8-5-11-3-4-12(14)10-13(11)16/h3-5,8,10,15H,2,6-7,9H2,1H3. The van der Waals surface area contributed by atoms with Crippen molar-refractivity contribution in [2.75, 3.05) is 13.1 Å². The number of rotatable bonds is 5. The van der Waals surface area contributed by atoms with Crippen LogP contribution in [0.25, 0.3) is 10.9 Å². The fourth-order valence-corrected chi connectivity index (χ4v) is 2.02. The van der Waals surface area contributed by atoms with Gasteiger partial charge in [-0.2, -0.15) is 0 Å². The third kappa shape index (κ3) is 2.57. The largest absolute Gasteiger partial charge is 0.346 e. The van der Waals surface area contributed by atoms with Gasteiger partial charge in [-0.1, -0.05) is 24.6 Å². The van der Waals surface area contributed by atoms with Crippen molar-refractivity contribution in [3.63, 3.8) is 0 Å². The molecule has 0 unspecified atom stereocenters. The molecule has 0 bridgehead atoms. The topological polar surface area (TPSA) is 17.0 Å². The van der Waals surface area contributed by atoms with Gasteiger partial charge in [-0.3, -0.25) is 0 Å². The van der Waals surface area contributed by atoms with Crippen molar-refractivity contribution in [3.8, 4) is 0 Å². The zero-order valence-electron chi connectivity index (χ0n) is 9.54. The summed E-state index contributed by atoms with van der Waals surface area (Å²) in [5.74, 6) is 0. The van der Waals surface area contributed by atoms with Crippen molar-refractivity contribution in [1.29, 1.82) is 0 Å². The molecule has 1 aromatic carbocycles. The maximum Gasteiger partial charge on any atom is 0.0495 e. The molecule has 0 amide bonds. The summed E-state index contributed by atoms with van der Waals surface area (Å²) >= 11 is 6.00. The summed E-state index contributed by atoms with van der Waals surface area (Å²) in [4.78, 5) is 0. The maximum absolute atomic E-state index is 6.00.